The summed E-state index contributed by atoms with van der Waals surface area (Å²) in [5.41, 5.74) is 2.24. The molecule has 110 valence electrons. The van der Waals surface area contributed by atoms with Crippen LogP contribution in [0, 0.1) is 6.92 Å². The molecule has 0 radical (unpaired) electrons. The quantitative estimate of drug-likeness (QED) is 0.676. The molecule has 0 fully saturated rings. The number of hydrogen-bond donors (Lipinski definition) is 1. The Bertz CT molecular complexity index is 663. The van der Waals surface area contributed by atoms with Crippen molar-refractivity contribution < 1.29 is 9.59 Å². The minimum atomic E-state index is -0.0787. The van der Waals surface area contributed by atoms with E-state index in [4.69, 9.17) is 0 Å². The minimum Gasteiger partial charge on any atom is -0.326 e. The average Bonchev–Trinajstić information content (AvgIpc) is 2.80. The number of carbonyl (C=O) groups excluding carboxylic acids is 2. The van der Waals surface area contributed by atoms with Crippen LogP contribution in [0.1, 0.15) is 27.9 Å². The molecule has 1 heterocycles. The van der Waals surface area contributed by atoms with Crippen LogP contribution in [0.25, 0.3) is 0 Å². The maximum Gasteiger partial charge on any atom is 0.229 e. The Morgan fingerprint density at radius 3 is 2.48 bits per heavy atom. The topological polar surface area (TPSA) is 59.1 Å². The van der Waals surface area contributed by atoms with E-state index in [1.807, 2.05) is 13.2 Å². The van der Waals surface area contributed by atoms with E-state index in [-0.39, 0.29) is 11.7 Å². The van der Waals surface area contributed by atoms with E-state index in [0.717, 1.165) is 14.9 Å². The van der Waals surface area contributed by atoms with Gasteiger partial charge in [0.2, 0.25) is 5.91 Å². The molecule has 0 atom stereocenters. The number of nitrogens with zero attached hydrogens (tertiary/aromatic N) is 1. The summed E-state index contributed by atoms with van der Waals surface area (Å²) in [4.78, 5) is 28.6. The molecule has 0 bridgehead atoms. The fourth-order valence-electron chi connectivity index (χ4n) is 1.79. The zero-order chi connectivity index (χ0) is 15.4. The molecule has 1 aromatic heterocycles. The van der Waals surface area contributed by atoms with Crippen molar-refractivity contribution in [2.75, 3.05) is 11.6 Å². The van der Waals surface area contributed by atoms with E-state index in [1.165, 1.54) is 6.92 Å². The van der Waals surface area contributed by atoms with Gasteiger partial charge in [-0.3, -0.25) is 9.59 Å². The molecular formula is C15H16N2O2S2. The number of carbonyl (C=O) groups is 2. The number of amides is 1. The SMILES string of the molecule is CSc1nc(C)c(CC(=O)Nc2ccc(C(C)=O)cc2)s1. The van der Waals surface area contributed by atoms with Crippen molar-refractivity contribution >= 4 is 40.5 Å². The summed E-state index contributed by atoms with van der Waals surface area (Å²) in [6.45, 7) is 3.43. The average molecular weight is 320 g/mol. The summed E-state index contributed by atoms with van der Waals surface area (Å²) in [5.74, 6) is -0.0669. The predicted molar refractivity (Wildman–Crippen MR) is 87.4 cm³/mol. The Morgan fingerprint density at radius 1 is 1.29 bits per heavy atom. The first kappa shape index (κ1) is 15.7. The summed E-state index contributed by atoms with van der Waals surface area (Å²) in [6.07, 6.45) is 2.29. The summed E-state index contributed by atoms with van der Waals surface area (Å²) in [6, 6.07) is 6.90. The molecule has 2 aromatic rings. The van der Waals surface area contributed by atoms with Gasteiger partial charge in [-0.05, 0) is 44.4 Å². The third kappa shape index (κ3) is 4.15. The Morgan fingerprint density at radius 2 is 1.95 bits per heavy atom. The molecule has 4 nitrogen and oxygen atoms in total. The van der Waals surface area contributed by atoms with Crippen LogP contribution in [0.5, 0.6) is 0 Å². The highest BCUT2D eigenvalue weighted by atomic mass is 32.2. The molecular weight excluding hydrogens is 304 g/mol. The molecule has 0 saturated carbocycles. The van der Waals surface area contributed by atoms with Gasteiger partial charge in [0.05, 0.1) is 12.1 Å². The number of aryl methyl sites for hydroxylation is 1. The van der Waals surface area contributed by atoms with Crippen LogP contribution in [-0.4, -0.2) is 22.9 Å². The Kier molecular flexibility index (Phi) is 5.14. The fraction of sp³-hybridized carbons (Fsp3) is 0.267. The fourth-order valence-corrected chi connectivity index (χ4v) is 3.45. The number of Topliss-reactive ketones (excluding diaryl/α,β-unsaturated/α-hetero) is 1. The number of hydrogen-bond acceptors (Lipinski definition) is 5. The highest BCUT2D eigenvalue weighted by Crippen LogP contribution is 2.25. The van der Waals surface area contributed by atoms with Crippen LogP contribution in [-0.2, 0) is 11.2 Å². The maximum atomic E-state index is 12.0. The number of thioether (sulfide) groups is 1. The van der Waals surface area contributed by atoms with Gasteiger partial charge in [0.1, 0.15) is 4.34 Å². The summed E-state index contributed by atoms with van der Waals surface area (Å²) < 4.78 is 0.973. The van der Waals surface area contributed by atoms with Crippen molar-refractivity contribution in [3.63, 3.8) is 0 Å². The monoisotopic (exact) mass is 320 g/mol. The summed E-state index contributed by atoms with van der Waals surface area (Å²) in [5, 5.41) is 2.83. The second-order valence-electron chi connectivity index (χ2n) is 4.55. The van der Waals surface area contributed by atoms with Gasteiger partial charge >= 0.3 is 0 Å². The van der Waals surface area contributed by atoms with E-state index >= 15 is 0 Å². The minimum absolute atomic E-state index is 0.0118. The van der Waals surface area contributed by atoms with Crippen molar-refractivity contribution in [3.8, 4) is 0 Å². The van der Waals surface area contributed by atoms with Crippen LogP contribution in [0.15, 0.2) is 28.6 Å². The van der Waals surface area contributed by atoms with Crippen molar-refractivity contribution in [2.24, 2.45) is 0 Å². The van der Waals surface area contributed by atoms with Crippen LogP contribution in [0.4, 0.5) is 5.69 Å². The Hall–Kier alpha value is -1.66. The van der Waals surface area contributed by atoms with Gasteiger partial charge in [-0.1, -0.05) is 11.8 Å². The van der Waals surface area contributed by atoms with E-state index in [2.05, 4.69) is 10.3 Å². The van der Waals surface area contributed by atoms with Crippen molar-refractivity contribution in [1.82, 2.24) is 4.98 Å². The lowest BCUT2D eigenvalue weighted by atomic mass is 10.1. The van der Waals surface area contributed by atoms with E-state index in [0.29, 0.717) is 17.7 Å². The standard InChI is InChI=1S/C15H16N2O2S2/c1-9-13(21-15(16-9)20-3)8-14(19)17-12-6-4-11(5-7-12)10(2)18/h4-7H,8H2,1-3H3,(H,17,19). The highest BCUT2D eigenvalue weighted by molar-refractivity contribution is 8.00. The molecule has 0 unspecified atom stereocenters. The summed E-state index contributed by atoms with van der Waals surface area (Å²) >= 11 is 3.13. The zero-order valence-electron chi connectivity index (χ0n) is 12.1. The number of nitrogens with one attached hydrogen (secondary N) is 1. The third-order valence-corrected chi connectivity index (χ3v) is 5.09. The zero-order valence-corrected chi connectivity index (χ0v) is 13.7. The largest absolute Gasteiger partial charge is 0.326 e. The Labute approximate surface area is 132 Å². The highest BCUT2D eigenvalue weighted by Gasteiger charge is 2.11. The second-order valence-corrected chi connectivity index (χ2v) is 6.69. The predicted octanol–water partition coefficient (Wildman–Crippen LogP) is 3.56. The van der Waals surface area contributed by atoms with Crippen LogP contribution in [0.2, 0.25) is 0 Å². The molecule has 1 amide bonds. The molecule has 1 aromatic carbocycles. The first-order valence-corrected chi connectivity index (χ1v) is 8.45. The number of thiazole rings is 1. The van der Waals surface area contributed by atoms with Crippen LogP contribution < -0.4 is 5.32 Å². The van der Waals surface area contributed by atoms with Crippen molar-refractivity contribution in [3.05, 3.63) is 40.4 Å². The molecule has 1 N–H and O–H groups in total. The van der Waals surface area contributed by atoms with Crippen LogP contribution in [0.3, 0.4) is 0 Å². The summed E-state index contributed by atoms with van der Waals surface area (Å²) in [7, 11) is 0. The molecule has 0 aliphatic rings. The van der Waals surface area contributed by atoms with Gasteiger partial charge in [0, 0.05) is 16.1 Å². The lowest BCUT2D eigenvalue weighted by Crippen LogP contribution is -2.14. The molecule has 0 aliphatic heterocycles. The van der Waals surface area contributed by atoms with Gasteiger partial charge in [-0.25, -0.2) is 4.98 Å². The molecule has 2 rings (SSSR count). The lowest BCUT2D eigenvalue weighted by Gasteiger charge is -2.05. The first-order valence-electron chi connectivity index (χ1n) is 6.40. The number of ketones is 1. The third-order valence-electron chi connectivity index (χ3n) is 2.94. The van der Waals surface area contributed by atoms with Crippen molar-refractivity contribution in [2.45, 2.75) is 24.6 Å². The van der Waals surface area contributed by atoms with E-state index < -0.39 is 0 Å². The Balaban J connectivity index is 2.00. The number of aromatic nitrogens is 1. The molecule has 0 saturated heterocycles. The molecule has 21 heavy (non-hydrogen) atoms. The van der Waals surface area contributed by atoms with E-state index in [9.17, 15) is 9.59 Å². The second kappa shape index (κ2) is 6.87. The van der Waals surface area contributed by atoms with Crippen LogP contribution >= 0.6 is 23.1 Å². The number of rotatable bonds is 5. The molecule has 6 heteroatoms. The first-order chi connectivity index (χ1) is 9.99. The smallest absolute Gasteiger partial charge is 0.229 e. The van der Waals surface area contributed by atoms with Crippen molar-refractivity contribution in [1.29, 1.82) is 0 Å². The number of anilines is 1. The van der Waals surface area contributed by atoms with Gasteiger partial charge in [0.15, 0.2) is 5.78 Å². The van der Waals surface area contributed by atoms with Gasteiger partial charge in [0.25, 0.3) is 0 Å². The molecule has 0 spiro atoms. The van der Waals surface area contributed by atoms with Gasteiger partial charge in [-0.2, -0.15) is 0 Å². The van der Waals surface area contributed by atoms with Gasteiger partial charge in [-0.15, -0.1) is 11.3 Å². The van der Waals surface area contributed by atoms with E-state index in [1.54, 1.807) is 47.4 Å². The maximum absolute atomic E-state index is 12.0. The normalized spacial score (nSPS) is 10.4. The lowest BCUT2D eigenvalue weighted by molar-refractivity contribution is -0.115. The molecule has 0 aliphatic carbocycles. The number of benzene rings is 1. The van der Waals surface area contributed by atoms with Gasteiger partial charge < -0.3 is 5.32 Å².